The largest absolute Gasteiger partial charge is 0.508 e. The summed E-state index contributed by atoms with van der Waals surface area (Å²) in [6.45, 7) is 5.68. The molecule has 1 heterocycles. The van der Waals surface area contributed by atoms with Crippen LogP contribution in [0.25, 0.3) is 11.0 Å². The fourth-order valence-electron chi connectivity index (χ4n) is 3.14. The lowest BCUT2D eigenvalue weighted by atomic mass is 10.0. The van der Waals surface area contributed by atoms with Crippen LogP contribution < -0.4 is 10.4 Å². The Bertz CT molecular complexity index is 1080. The lowest BCUT2D eigenvalue weighted by Crippen LogP contribution is -2.16. The highest BCUT2D eigenvalue weighted by Crippen LogP contribution is 2.28. The number of aromatic hydroxyl groups is 1. The Balaban J connectivity index is 1.72. The summed E-state index contributed by atoms with van der Waals surface area (Å²) in [5.74, 6) is 0.434. The second-order valence-electron chi connectivity index (χ2n) is 7.06. The van der Waals surface area contributed by atoms with Crippen molar-refractivity contribution in [3.63, 3.8) is 0 Å². The number of rotatable bonds is 7. The first-order valence-electron chi connectivity index (χ1n) is 9.55. The molecular weight excluding hydrogens is 372 g/mol. The Morgan fingerprint density at radius 1 is 1.14 bits per heavy atom. The molecule has 2 aromatic carbocycles. The van der Waals surface area contributed by atoms with E-state index in [1.807, 2.05) is 31.2 Å². The van der Waals surface area contributed by atoms with Crippen LogP contribution in [0.2, 0.25) is 0 Å². The lowest BCUT2D eigenvalue weighted by molar-refractivity contribution is -0.147. The second kappa shape index (κ2) is 8.82. The van der Waals surface area contributed by atoms with Crippen molar-refractivity contribution in [2.75, 3.05) is 6.61 Å². The molecule has 0 saturated heterocycles. The number of esters is 1. The number of aryl methyl sites for hydroxylation is 1. The molecule has 0 unspecified atom stereocenters. The van der Waals surface area contributed by atoms with Gasteiger partial charge in [0.25, 0.3) is 0 Å². The van der Waals surface area contributed by atoms with Crippen molar-refractivity contribution in [2.24, 2.45) is 0 Å². The standard InChI is InChI=1S/C23H24O6/c1-4-15-9-18-16(10-22(25)29-21(18)11-19(15)24)12-28-23(26)13-27-20-8-6-5-7-17(20)14(2)3/h5-11,14,24H,4,12-13H2,1-3H3. The topological polar surface area (TPSA) is 86.0 Å². The highest BCUT2D eigenvalue weighted by atomic mass is 16.6. The van der Waals surface area contributed by atoms with Crippen molar-refractivity contribution in [1.82, 2.24) is 0 Å². The molecule has 3 aromatic rings. The molecule has 6 heteroatoms. The van der Waals surface area contributed by atoms with Crippen LogP contribution in [0.5, 0.6) is 11.5 Å². The van der Waals surface area contributed by atoms with Gasteiger partial charge in [0, 0.05) is 23.1 Å². The monoisotopic (exact) mass is 396 g/mol. The molecule has 3 rings (SSSR count). The smallest absolute Gasteiger partial charge is 0.344 e. The van der Waals surface area contributed by atoms with Gasteiger partial charge in [-0.15, -0.1) is 0 Å². The van der Waals surface area contributed by atoms with E-state index in [0.29, 0.717) is 28.7 Å². The van der Waals surface area contributed by atoms with E-state index in [4.69, 9.17) is 13.9 Å². The molecular formula is C23H24O6. The minimum absolute atomic E-state index is 0.0644. The summed E-state index contributed by atoms with van der Waals surface area (Å²) in [6, 6.07) is 12.0. The van der Waals surface area contributed by atoms with Crippen molar-refractivity contribution in [2.45, 2.75) is 39.7 Å². The van der Waals surface area contributed by atoms with E-state index in [1.165, 1.54) is 12.1 Å². The zero-order valence-corrected chi connectivity index (χ0v) is 16.7. The minimum atomic E-state index is -0.575. The SMILES string of the molecule is CCc1cc2c(COC(=O)COc3ccccc3C(C)C)cc(=O)oc2cc1O. The molecule has 0 fully saturated rings. The van der Waals surface area contributed by atoms with E-state index in [0.717, 1.165) is 5.56 Å². The van der Waals surface area contributed by atoms with E-state index in [1.54, 1.807) is 6.07 Å². The van der Waals surface area contributed by atoms with E-state index >= 15 is 0 Å². The van der Waals surface area contributed by atoms with Crippen LogP contribution in [0.4, 0.5) is 0 Å². The van der Waals surface area contributed by atoms with Crippen LogP contribution in [0.1, 0.15) is 43.4 Å². The van der Waals surface area contributed by atoms with Gasteiger partial charge in [0.1, 0.15) is 23.7 Å². The number of carbonyl (C=O) groups is 1. The molecule has 0 atom stereocenters. The predicted octanol–water partition coefficient (Wildman–Crippen LogP) is 4.31. The van der Waals surface area contributed by atoms with Gasteiger partial charge in [0.2, 0.25) is 0 Å². The van der Waals surface area contributed by atoms with E-state index in [-0.39, 0.29) is 30.5 Å². The Kier molecular flexibility index (Phi) is 6.22. The van der Waals surface area contributed by atoms with Crippen LogP contribution >= 0.6 is 0 Å². The maximum atomic E-state index is 12.2. The quantitative estimate of drug-likeness (QED) is 0.473. The first-order chi connectivity index (χ1) is 13.9. The van der Waals surface area contributed by atoms with Gasteiger partial charge in [-0.1, -0.05) is 39.0 Å². The average molecular weight is 396 g/mol. The molecule has 1 aromatic heterocycles. The molecule has 0 saturated carbocycles. The third-order valence-corrected chi connectivity index (χ3v) is 4.69. The van der Waals surface area contributed by atoms with Crippen LogP contribution in [0, 0.1) is 0 Å². The normalized spacial score (nSPS) is 11.0. The zero-order chi connectivity index (χ0) is 21.0. The van der Waals surface area contributed by atoms with Crippen molar-refractivity contribution >= 4 is 16.9 Å². The third kappa shape index (κ3) is 4.77. The number of ether oxygens (including phenoxy) is 2. The van der Waals surface area contributed by atoms with Gasteiger partial charge >= 0.3 is 11.6 Å². The highest BCUT2D eigenvalue weighted by molar-refractivity contribution is 5.83. The van der Waals surface area contributed by atoms with Crippen molar-refractivity contribution in [3.05, 3.63) is 69.6 Å². The molecule has 0 aliphatic rings. The fourth-order valence-corrected chi connectivity index (χ4v) is 3.14. The molecule has 1 N–H and O–H groups in total. The first-order valence-corrected chi connectivity index (χ1v) is 9.55. The number of phenols is 1. The Morgan fingerprint density at radius 3 is 2.62 bits per heavy atom. The summed E-state index contributed by atoms with van der Waals surface area (Å²) in [7, 11) is 0. The van der Waals surface area contributed by atoms with E-state index < -0.39 is 11.6 Å². The number of benzene rings is 2. The highest BCUT2D eigenvalue weighted by Gasteiger charge is 2.13. The predicted molar refractivity (Wildman–Crippen MR) is 109 cm³/mol. The second-order valence-corrected chi connectivity index (χ2v) is 7.06. The number of phenolic OH excluding ortho intramolecular Hbond substituents is 1. The van der Waals surface area contributed by atoms with Crippen LogP contribution in [-0.4, -0.2) is 17.7 Å². The number of hydrogen-bond acceptors (Lipinski definition) is 6. The van der Waals surface area contributed by atoms with Gasteiger partial charge < -0.3 is 19.0 Å². The minimum Gasteiger partial charge on any atom is -0.508 e. The summed E-state index contributed by atoms with van der Waals surface area (Å²) in [5.41, 5.74) is 1.92. The lowest BCUT2D eigenvalue weighted by Gasteiger charge is -2.13. The van der Waals surface area contributed by atoms with Crippen LogP contribution in [-0.2, 0) is 22.6 Å². The van der Waals surface area contributed by atoms with Gasteiger partial charge in [-0.2, -0.15) is 0 Å². The Morgan fingerprint density at radius 2 is 1.90 bits per heavy atom. The van der Waals surface area contributed by atoms with Gasteiger partial charge in [-0.05, 0) is 35.6 Å². The average Bonchev–Trinajstić information content (AvgIpc) is 2.69. The molecule has 0 spiro atoms. The first kappa shape index (κ1) is 20.5. The maximum absolute atomic E-state index is 12.2. The number of hydrogen-bond donors (Lipinski definition) is 1. The van der Waals surface area contributed by atoms with E-state index in [2.05, 4.69) is 13.8 Å². The van der Waals surface area contributed by atoms with Crippen molar-refractivity contribution in [1.29, 1.82) is 0 Å². The summed E-state index contributed by atoms with van der Waals surface area (Å²) in [6.07, 6.45) is 0.614. The molecule has 0 aliphatic heterocycles. The molecule has 29 heavy (non-hydrogen) atoms. The molecule has 0 aliphatic carbocycles. The zero-order valence-electron chi connectivity index (χ0n) is 16.7. The molecule has 0 bridgehead atoms. The Labute approximate surface area is 168 Å². The van der Waals surface area contributed by atoms with Crippen LogP contribution in [0.3, 0.4) is 0 Å². The van der Waals surface area contributed by atoms with Gasteiger partial charge in [0.05, 0.1) is 0 Å². The molecule has 6 nitrogen and oxygen atoms in total. The van der Waals surface area contributed by atoms with Gasteiger partial charge in [-0.25, -0.2) is 9.59 Å². The van der Waals surface area contributed by atoms with Gasteiger partial charge in [-0.3, -0.25) is 0 Å². The van der Waals surface area contributed by atoms with Gasteiger partial charge in [0.15, 0.2) is 6.61 Å². The Hall–Kier alpha value is -3.28. The fraction of sp³-hybridized carbons (Fsp3) is 0.304. The summed E-state index contributed by atoms with van der Waals surface area (Å²) >= 11 is 0. The van der Waals surface area contributed by atoms with Crippen molar-refractivity contribution in [3.8, 4) is 11.5 Å². The molecule has 0 amide bonds. The number of para-hydroxylation sites is 1. The molecule has 0 radical (unpaired) electrons. The molecule has 152 valence electrons. The summed E-state index contributed by atoms with van der Waals surface area (Å²) in [5, 5.41) is 10.6. The number of fused-ring (bicyclic) bond motifs is 1. The van der Waals surface area contributed by atoms with Crippen LogP contribution in [0.15, 0.2) is 51.7 Å². The maximum Gasteiger partial charge on any atom is 0.344 e. The van der Waals surface area contributed by atoms with Crippen molar-refractivity contribution < 1.29 is 23.8 Å². The third-order valence-electron chi connectivity index (χ3n) is 4.69. The summed E-state index contributed by atoms with van der Waals surface area (Å²) < 4.78 is 16.1. The summed E-state index contributed by atoms with van der Waals surface area (Å²) in [4.78, 5) is 24.0. The number of carbonyl (C=O) groups excluding carboxylic acids is 1. The van der Waals surface area contributed by atoms with E-state index in [9.17, 15) is 14.7 Å².